The highest BCUT2D eigenvalue weighted by Gasteiger charge is 2.13. The van der Waals surface area contributed by atoms with Crippen LogP contribution in [0.3, 0.4) is 0 Å². The number of nitrogens with two attached hydrogens (primary N) is 1. The molecule has 0 unspecified atom stereocenters. The lowest BCUT2D eigenvalue weighted by Gasteiger charge is -2.14. The molecule has 0 saturated heterocycles. The second-order valence-corrected chi connectivity index (χ2v) is 6.21. The van der Waals surface area contributed by atoms with Crippen LogP contribution in [0.5, 0.6) is 0 Å². The van der Waals surface area contributed by atoms with Gasteiger partial charge in [-0.15, -0.1) is 23.1 Å². The fourth-order valence-electron chi connectivity index (χ4n) is 1.78. The Balaban J connectivity index is 2.04. The van der Waals surface area contributed by atoms with E-state index in [1.54, 1.807) is 11.0 Å². The molecule has 0 aliphatic heterocycles. The maximum atomic E-state index is 13.0. The van der Waals surface area contributed by atoms with E-state index in [-0.39, 0.29) is 11.7 Å². The lowest BCUT2D eigenvalue weighted by atomic mass is 10.3. The predicted molar refractivity (Wildman–Crippen MR) is 86.2 cm³/mol. The molecule has 0 fully saturated rings. The number of hydrogen-bond acceptors (Lipinski definition) is 5. The molecule has 2 aromatic rings. The smallest absolute Gasteiger partial charge is 0.225 e. The average Bonchev–Trinajstić information content (AvgIpc) is 2.87. The highest BCUT2D eigenvalue weighted by molar-refractivity contribution is 7.98. The highest BCUT2D eigenvalue weighted by Crippen LogP contribution is 2.30. The number of hydrogen-bond donors (Lipinski definition) is 1. The van der Waals surface area contributed by atoms with Crippen molar-refractivity contribution in [1.82, 2.24) is 4.98 Å². The van der Waals surface area contributed by atoms with Gasteiger partial charge in [-0.1, -0.05) is 0 Å². The van der Waals surface area contributed by atoms with Gasteiger partial charge in [0.1, 0.15) is 5.82 Å². The molecule has 0 atom stereocenters. The normalized spacial score (nSPS) is 10.6. The van der Waals surface area contributed by atoms with E-state index >= 15 is 0 Å². The fraction of sp³-hybridized carbons (Fsp3) is 0.286. The van der Waals surface area contributed by atoms with Crippen LogP contribution in [-0.2, 0) is 10.5 Å². The summed E-state index contributed by atoms with van der Waals surface area (Å²) in [6.45, 7) is 4.04. The van der Waals surface area contributed by atoms with Crippen LogP contribution in [0.4, 0.5) is 15.2 Å². The van der Waals surface area contributed by atoms with Crippen LogP contribution in [0, 0.1) is 5.82 Å². The van der Waals surface area contributed by atoms with Gasteiger partial charge in [-0.3, -0.25) is 9.69 Å². The van der Waals surface area contributed by atoms with Gasteiger partial charge in [0, 0.05) is 35.2 Å². The van der Waals surface area contributed by atoms with E-state index in [1.807, 2.05) is 12.3 Å². The van der Waals surface area contributed by atoms with E-state index in [4.69, 9.17) is 5.73 Å². The van der Waals surface area contributed by atoms with Crippen molar-refractivity contribution in [3.8, 4) is 0 Å². The van der Waals surface area contributed by atoms with Gasteiger partial charge in [0.2, 0.25) is 5.91 Å². The number of anilines is 2. The third-order valence-electron chi connectivity index (χ3n) is 2.81. The van der Waals surface area contributed by atoms with E-state index in [9.17, 15) is 9.18 Å². The lowest BCUT2D eigenvalue weighted by molar-refractivity contribution is -0.116. The van der Waals surface area contributed by atoms with Crippen LogP contribution >= 0.6 is 23.1 Å². The quantitative estimate of drug-likeness (QED) is 0.675. The molecule has 1 amide bonds. The van der Waals surface area contributed by atoms with Gasteiger partial charge in [-0.05, 0) is 25.1 Å². The number of carbonyl (C=O) groups is 1. The van der Waals surface area contributed by atoms with Gasteiger partial charge in [0.15, 0.2) is 5.13 Å². The van der Waals surface area contributed by atoms with E-state index in [2.05, 4.69) is 4.98 Å². The molecule has 21 heavy (non-hydrogen) atoms. The summed E-state index contributed by atoms with van der Waals surface area (Å²) in [5.74, 6) is 0.267. The summed E-state index contributed by atoms with van der Waals surface area (Å²) in [6.07, 6.45) is 0. The summed E-state index contributed by atoms with van der Waals surface area (Å²) >= 11 is 2.94. The second kappa shape index (κ2) is 6.91. The van der Waals surface area contributed by atoms with Gasteiger partial charge in [-0.2, -0.15) is 0 Å². The fourth-order valence-corrected chi connectivity index (χ4v) is 3.66. The number of aromatic nitrogens is 1. The lowest BCUT2D eigenvalue weighted by Crippen LogP contribution is -2.27. The molecule has 0 radical (unpaired) electrons. The molecular formula is C14H16FN3OS2. The van der Waals surface area contributed by atoms with Crippen LogP contribution in [-0.4, -0.2) is 17.4 Å². The van der Waals surface area contributed by atoms with Crippen molar-refractivity contribution >= 4 is 39.8 Å². The zero-order valence-corrected chi connectivity index (χ0v) is 13.4. The minimum Gasteiger partial charge on any atom is -0.398 e. The number of nitrogen functional groups attached to an aromatic ring is 1. The third-order valence-corrected chi connectivity index (χ3v) is 4.85. The monoisotopic (exact) mass is 325 g/mol. The Morgan fingerprint density at radius 3 is 2.90 bits per heavy atom. The molecule has 0 aliphatic carbocycles. The van der Waals surface area contributed by atoms with Crippen LogP contribution in [0.2, 0.25) is 0 Å². The first-order valence-electron chi connectivity index (χ1n) is 6.41. The van der Waals surface area contributed by atoms with Crippen molar-refractivity contribution < 1.29 is 9.18 Å². The van der Waals surface area contributed by atoms with Crippen molar-refractivity contribution in [3.63, 3.8) is 0 Å². The Bertz CT molecular complexity index is 645. The number of halogens is 1. The van der Waals surface area contributed by atoms with E-state index in [0.717, 1.165) is 10.6 Å². The average molecular weight is 325 g/mol. The number of thioether (sulfide) groups is 1. The van der Waals surface area contributed by atoms with Crippen molar-refractivity contribution in [2.45, 2.75) is 24.5 Å². The van der Waals surface area contributed by atoms with Crippen molar-refractivity contribution in [2.24, 2.45) is 0 Å². The van der Waals surface area contributed by atoms with Crippen LogP contribution in [0.25, 0.3) is 0 Å². The molecule has 0 bridgehead atoms. The zero-order valence-electron chi connectivity index (χ0n) is 11.8. The third kappa shape index (κ3) is 3.95. The molecule has 112 valence electrons. The summed E-state index contributed by atoms with van der Waals surface area (Å²) in [5, 5.41) is 2.63. The Morgan fingerprint density at radius 2 is 2.29 bits per heavy atom. The molecule has 0 saturated carbocycles. The molecule has 0 spiro atoms. The Labute approximate surface area is 131 Å². The zero-order chi connectivity index (χ0) is 15.4. The van der Waals surface area contributed by atoms with Gasteiger partial charge in [-0.25, -0.2) is 9.37 Å². The van der Waals surface area contributed by atoms with Gasteiger partial charge in [0.05, 0.1) is 5.69 Å². The molecule has 1 aromatic carbocycles. The first kappa shape index (κ1) is 15.8. The van der Waals surface area contributed by atoms with Gasteiger partial charge < -0.3 is 5.73 Å². The number of carbonyl (C=O) groups excluding carboxylic acids is 1. The minimum absolute atomic E-state index is 0.0196. The first-order chi connectivity index (χ1) is 10.0. The van der Waals surface area contributed by atoms with Crippen molar-refractivity contribution in [3.05, 3.63) is 35.1 Å². The summed E-state index contributed by atoms with van der Waals surface area (Å²) in [6, 6.07) is 4.36. The number of nitrogens with zero attached hydrogens (tertiary/aromatic N) is 2. The first-order valence-corrected chi connectivity index (χ1v) is 8.28. The van der Waals surface area contributed by atoms with E-state index < -0.39 is 0 Å². The molecule has 1 aromatic heterocycles. The number of thiazole rings is 1. The molecule has 1 heterocycles. The SMILES string of the molecule is CCN(C(C)=O)c1nc(CSc2ccc(F)cc2N)cs1. The predicted octanol–water partition coefficient (Wildman–Crippen LogP) is 3.53. The second-order valence-electron chi connectivity index (χ2n) is 4.36. The minimum atomic E-state index is -0.340. The summed E-state index contributed by atoms with van der Waals surface area (Å²) in [7, 11) is 0. The molecular weight excluding hydrogens is 309 g/mol. The van der Waals surface area contributed by atoms with Crippen molar-refractivity contribution in [1.29, 1.82) is 0 Å². The molecule has 0 aliphatic rings. The molecule has 4 nitrogen and oxygen atoms in total. The molecule has 2 N–H and O–H groups in total. The van der Waals surface area contributed by atoms with Gasteiger partial charge >= 0.3 is 0 Å². The number of benzene rings is 1. The van der Waals surface area contributed by atoms with Crippen LogP contribution < -0.4 is 10.6 Å². The van der Waals surface area contributed by atoms with E-state index in [0.29, 0.717) is 23.1 Å². The Kier molecular flexibility index (Phi) is 5.19. The summed E-state index contributed by atoms with van der Waals surface area (Å²) in [4.78, 5) is 18.4. The number of amides is 1. The Morgan fingerprint density at radius 1 is 1.52 bits per heavy atom. The van der Waals surface area contributed by atoms with Gasteiger partial charge in [0.25, 0.3) is 0 Å². The van der Waals surface area contributed by atoms with Crippen LogP contribution in [0.1, 0.15) is 19.5 Å². The Hall–Kier alpha value is -1.60. The molecule has 7 heteroatoms. The largest absolute Gasteiger partial charge is 0.398 e. The maximum absolute atomic E-state index is 13.0. The number of rotatable bonds is 5. The maximum Gasteiger partial charge on any atom is 0.225 e. The summed E-state index contributed by atoms with van der Waals surface area (Å²) < 4.78 is 13.0. The molecule has 2 rings (SSSR count). The standard InChI is InChI=1S/C14H16FN3OS2/c1-3-18(9(2)19)14-17-11(8-21-14)7-20-13-5-4-10(15)6-12(13)16/h4-6,8H,3,7,16H2,1-2H3. The van der Waals surface area contributed by atoms with Crippen LogP contribution in [0.15, 0.2) is 28.5 Å². The topological polar surface area (TPSA) is 59.2 Å². The van der Waals surface area contributed by atoms with Crippen molar-refractivity contribution in [2.75, 3.05) is 17.2 Å². The summed E-state index contributed by atoms with van der Waals surface area (Å²) in [5.41, 5.74) is 7.07. The van der Waals surface area contributed by atoms with E-state index in [1.165, 1.54) is 42.2 Å². The highest BCUT2D eigenvalue weighted by atomic mass is 32.2.